The van der Waals surface area contributed by atoms with Gasteiger partial charge in [-0.05, 0) is 19.4 Å². The van der Waals surface area contributed by atoms with Crippen molar-refractivity contribution in [3.63, 3.8) is 0 Å². The third-order valence-electron chi connectivity index (χ3n) is 3.46. The first kappa shape index (κ1) is 16.5. The maximum absolute atomic E-state index is 13.6. The van der Waals surface area contributed by atoms with Gasteiger partial charge >= 0.3 is 0 Å². The van der Waals surface area contributed by atoms with E-state index in [0.29, 0.717) is 17.9 Å². The van der Waals surface area contributed by atoms with E-state index in [2.05, 4.69) is 11.9 Å². The van der Waals surface area contributed by atoms with Crippen LogP contribution in [-0.4, -0.2) is 23.3 Å². The Labute approximate surface area is 134 Å². The van der Waals surface area contributed by atoms with Crippen molar-refractivity contribution < 1.29 is 9.13 Å². The van der Waals surface area contributed by atoms with E-state index in [4.69, 9.17) is 27.9 Å². The van der Waals surface area contributed by atoms with Crippen LogP contribution < -0.4 is 0 Å². The predicted octanol–water partition coefficient (Wildman–Crippen LogP) is 5.12. The summed E-state index contributed by atoms with van der Waals surface area (Å²) in [4.78, 5) is 4.48. The average molecular weight is 333 g/mol. The van der Waals surface area contributed by atoms with Crippen LogP contribution in [0.2, 0.25) is 5.02 Å². The van der Waals surface area contributed by atoms with Crippen LogP contribution in [0.5, 0.6) is 0 Å². The molecule has 1 aromatic carbocycles. The summed E-state index contributed by atoms with van der Waals surface area (Å²) in [5.74, 6) is 0.241. The molecule has 0 saturated heterocycles. The topological polar surface area (TPSA) is 27.1 Å². The number of methoxy groups -OCH3 is 1. The zero-order chi connectivity index (χ0) is 15.6. The molecule has 0 aliphatic rings. The van der Waals surface area contributed by atoms with Crippen LogP contribution in [0.3, 0.4) is 0 Å². The maximum atomic E-state index is 13.6. The third-order valence-corrected chi connectivity index (χ3v) is 3.95. The van der Waals surface area contributed by atoms with Crippen molar-refractivity contribution in [2.45, 2.75) is 38.1 Å². The lowest BCUT2D eigenvalue weighted by Crippen LogP contribution is -2.17. The molecular weight excluding hydrogens is 314 g/mol. The molecule has 2 rings (SSSR count). The van der Waals surface area contributed by atoms with Gasteiger partial charge in [0.15, 0.2) is 0 Å². The SMILES string of the molecule is CCCC(COC)n1c(C(C)Cl)nc2cc(F)c(Cl)cc21. The van der Waals surface area contributed by atoms with E-state index in [1.54, 1.807) is 13.2 Å². The van der Waals surface area contributed by atoms with E-state index in [9.17, 15) is 4.39 Å². The molecule has 6 heteroatoms. The second kappa shape index (κ2) is 6.95. The molecule has 0 aliphatic carbocycles. The van der Waals surface area contributed by atoms with Gasteiger partial charge in [-0.3, -0.25) is 0 Å². The Kier molecular flexibility index (Phi) is 5.47. The van der Waals surface area contributed by atoms with Gasteiger partial charge in [-0.2, -0.15) is 0 Å². The number of nitrogens with zero attached hydrogens (tertiary/aromatic N) is 2. The first-order chi connectivity index (χ1) is 9.99. The highest BCUT2D eigenvalue weighted by atomic mass is 35.5. The Balaban J connectivity index is 2.66. The van der Waals surface area contributed by atoms with Crippen LogP contribution in [-0.2, 0) is 4.74 Å². The van der Waals surface area contributed by atoms with Crippen molar-refractivity contribution in [1.82, 2.24) is 9.55 Å². The summed E-state index contributed by atoms with van der Waals surface area (Å²) >= 11 is 12.2. The second-order valence-electron chi connectivity index (χ2n) is 5.11. The van der Waals surface area contributed by atoms with Crippen LogP contribution in [0, 0.1) is 5.82 Å². The zero-order valence-corrected chi connectivity index (χ0v) is 13.9. The lowest BCUT2D eigenvalue weighted by atomic mass is 10.1. The molecule has 1 heterocycles. The maximum Gasteiger partial charge on any atom is 0.144 e. The summed E-state index contributed by atoms with van der Waals surface area (Å²) in [5, 5.41) is -0.194. The molecule has 2 aromatic rings. The number of fused-ring (bicyclic) bond motifs is 1. The van der Waals surface area contributed by atoms with E-state index in [1.165, 1.54) is 6.07 Å². The predicted molar refractivity (Wildman–Crippen MR) is 84.8 cm³/mol. The smallest absolute Gasteiger partial charge is 0.144 e. The number of ether oxygens (including phenoxy) is 1. The molecule has 116 valence electrons. The molecule has 0 radical (unpaired) electrons. The Bertz CT molecular complexity index is 622. The molecular formula is C15H19Cl2FN2O. The van der Waals surface area contributed by atoms with Crippen LogP contribution in [0.1, 0.15) is 43.9 Å². The van der Waals surface area contributed by atoms with Crippen molar-refractivity contribution in [2.24, 2.45) is 0 Å². The second-order valence-corrected chi connectivity index (χ2v) is 6.17. The monoisotopic (exact) mass is 332 g/mol. The van der Waals surface area contributed by atoms with E-state index >= 15 is 0 Å². The van der Waals surface area contributed by atoms with E-state index in [0.717, 1.165) is 18.4 Å². The lowest BCUT2D eigenvalue weighted by Gasteiger charge is -2.21. The Morgan fingerprint density at radius 3 is 2.71 bits per heavy atom. The summed E-state index contributed by atoms with van der Waals surface area (Å²) in [6.45, 7) is 4.51. The molecule has 2 unspecified atom stereocenters. The molecule has 0 amide bonds. The molecule has 0 saturated carbocycles. The van der Waals surface area contributed by atoms with Gasteiger partial charge in [0, 0.05) is 13.2 Å². The fourth-order valence-corrected chi connectivity index (χ4v) is 2.90. The minimum absolute atomic E-state index is 0.0880. The Morgan fingerprint density at radius 2 is 2.14 bits per heavy atom. The molecule has 0 spiro atoms. The van der Waals surface area contributed by atoms with Gasteiger partial charge in [0.2, 0.25) is 0 Å². The molecule has 21 heavy (non-hydrogen) atoms. The minimum Gasteiger partial charge on any atom is -0.383 e. The highest BCUT2D eigenvalue weighted by molar-refractivity contribution is 6.31. The largest absolute Gasteiger partial charge is 0.383 e. The van der Waals surface area contributed by atoms with Crippen molar-refractivity contribution in [1.29, 1.82) is 0 Å². The van der Waals surface area contributed by atoms with Gasteiger partial charge in [-0.15, -0.1) is 11.6 Å². The lowest BCUT2D eigenvalue weighted by molar-refractivity contribution is 0.150. The zero-order valence-electron chi connectivity index (χ0n) is 12.4. The molecule has 1 aromatic heterocycles. The van der Waals surface area contributed by atoms with Gasteiger partial charge in [-0.1, -0.05) is 24.9 Å². The number of rotatable bonds is 6. The summed E-state index contributed by atoms with van der Waals surface area (Å²) in [6, 6.07) is 3.07. The third kappa shape index (κ3) is 3.33. The number of benzene rings is 1. The van der Waals surface area contributed by atoms with Crippen molar-refractivity contribution in [3.05, 3.63) is 28.8 Å². The number of halogens is 3. The number of hydrogen-bond donors (Lipinski definition) is 0. The molecule has 0 fully saturated rings. The van der Waals surface area contributed by atoms with Crippen LogP contribution in [0.25, 0.3) is 11.0 Å². The van der Waals surface area contributed by atoms with Crippen molar-refractivity contribution >= 4 is 34.2 Å². The normalized spacial score (nSPS) is 14.6. The average Bonchev–Trinajstić information content (AvgIpc) is 2.78. The number of imidazole rings is 1. The molecule has 3 nitrogen and oxygen atoms in total. The van der Waals surface area contributed by atoms with Crippen molar-refractivity contribution in [3.8, 4) is 0 Å². The summed E-state index contributed by atoms with van der Waals surface area (Å²) < 4.78 is 21.0. The van der Waals surface area contributed by atoms with Crippen LogP contribution in [0.4, 0.5) is 4.39 Å². The van der Waals surface area contributed by atoms with Gasteiger partial charge in [0.25, 0.3) is 0 Å². The summed E-state index contributed by atoms with van der Waals surface area (Å²) in [5.41, 5.74) is 1.36. The Hall–Kier alpha value is -0.840. The number of alkyl halides is 1. The highest BCUT2D eigenvalue weighted by Crippen LogP contribution is 2.32. The van der Waals surface area contributed by atoms with Crippen molar-refractivity contribution in [2.75, 3.05) is 13.7 Å². The van der Waals surface area contributed by atoms with Gasteiger partial charge in [0.05, 0.1) is 34.1 Å². The van der Waals surface area contributed by atoms with Gasteiger partial charge in [-0.25, -0.2) is 9.37 Å². The fourth-order valence-electron chi connectivity index (χ4n) is 2.59. The quantitative estimate of drug-likeness (QED) is 0.686. The fraction of sp³-hybridized carbons (Fsp3) is 0.533. The van der Waals surface area contributed by atoms with E-state index < -0.39 is 5.82 Å². The van der Waals surface area contributed by atoms with Gasteiger partial charge in [0.1, 0.15) is 11.6 Å². The summed E-state index contributed by atoms with van der Waals surface area (Å²) in [6.07, 6.45) is 1.92. The number of aromatic nitrogens is 2. The molecule has 2 atom stereocenters. The standard InChI is InChI=1S/C15H19Cl2FN2O/c1-4-5-10(8-21-3)20-14-6-11(17)12(18)7-13(14)19-15(20)9(2)16/h6-7,9-10H,4-5,8H2,1-3H3. The first-order valence-corrected chi connectivity index (χ1v) is 7.80. The van der Waals surface area contributed by atoms with E-state index in [1.807, 2.05) is 11.5 Å². The highest BCUT2D eigenvalue weighted by Gasteiger charge is 2.22. The first-order valence-electron chi connectivity index (χ1n) is 6.99. The molecule has 0 N–H and O–H groups in total. The van der Waals surface area contributed by atoms with Crippen LogP contribution >= 0.6 is 23.2 Å². The molecule has 0 aliphatic heterocycles. The van der Waals surface area contributed by atoms with Crippen LogP contribution in [0.15, 0.2) is 12.1 Å². The number of hydrogen-bond acceptors (Lipinski definition) is 2. The van der Waals surface area contributed by atoms with E-state index in [-0.39, 0.29) is 16.4 Å². The Morgan fingerprint density at radius 1 is 1.43 bits per heavy atom. The minimum atomic E-state index is -0.471. The van der Waals surface area contributed by atoms with Gasteiger partial charge < -0.3 is 9.30 Å². The molecule has 0 bridgehead atoms. The summed E-state index contributed by atoms with van der Waals surface area (Å²) in [7, 11) is 1.66.